The molecule has 0 aliphatic heterocycles. The van der Waals surface area contributed by atoms with Crippen LogP contribution < -0.4 is 10.6 Å². The maximum atomic E-state index is 5.37. The Bertz CT molecular complexity index is 583. The van der Waals surface area contributed by atoms with Crippen molar-refractivity contribution >= 4 is 23.0 Å². The molecule has 0 atom stereocenters. The molecule has 104 valence electrons. The van der Waals surface area contributed by atoms with Crippen LogP contribution in [0.25, 0.3) is 0 Å². The van der Waals surface area contributed by atoms with Crippen molar-refractivity contribution in [3.63, 3.8) is 0 Å². The van der Waals surface area contributed by atoms with E-state index >= 15 is 0 Å². The summed E-state index contributed by atoms with van der Waals surface area (Å²) in [6, 6.07) is 14.6. The minimum atomic E-state index is 0.656. The maximum Gasteiger partial charge on any atom is 0.171 e. The van der Waals surface area contributed by atoms with Crippen molar-refractivity contribution in [1.82, 2.24) is 5.32 Å². The summed E-state index contributed by atoms with van der Waals surface area (Å²) in [7, 11) is 0. The number of anilines is 1. The smallest absolute Gasteiger partial charge is 0.171 e. The lowest BCUT2D eigenvalue weighted by Crippen LogP contribution is -2.28. The fourth-order valence-corrected chi connectivity index (χ4v) is 2.49. The molecule has 0 aliphatic rings. The first-order valence-corrected chi connectivity index (χ1v) is 7.13. The largest absolute Gasteiger partial charge is 0.358 e. The molecule has 0 saturated carbocycles. The molecular formula is C17H20N2S. The fourth-order valence-electron chi connectivity index (χ4n) is 2.31. The van der Waals surface area contributed by atoms with E-state index in [0.29, 0.717) is 5.11 Å². The SMILES string of the molecule is Cc1cc(C)c(NC(=S)NCc2ccccc2)c(C)c1. The predicted molar refractivity (Wildman–Crippen MR) is 90.2 cm³/mol. The van der Waals surface area contributed by atoms with Gasteiger partial charge in [0, 0.05) is 12.2 Å². The minimum Gasteiger partial charge on any atom is -0.358 e. The van der Waals surface area contributed by atoms with Gasteiger partial charge in [-0.05, 0) is 49.7 Å². The lowest BCUT2D eigenvalue weighted by molar-refractivity contribution is 0.925. The highest BCUT2D eigenvalue weighted by atomic mass is 32.1. The quantitative estimate of drug-likeness (QED) is 0.830. The Morgan fingerprint density at radius 2 is 1.60 bits per heavy atom. The van der Waals surface area contributed by atoms with Crippen LogP contribution in [-0.4, -0.2) is 5.11 Å². The molecule has 0 amide bonds. The Morgan fingerprint density at radius 1 is 1.00 bits per heavy atom. The maximum absolute atomic E-state index is 5.37. The van der Waals surface area contributed by atoms with Gasteiger partial charge in [0.15, 0.2) is 5.11 Å². The van der Waals surface area contributed by atoms with Crippen molar-refractivity contribution in [1.29, 1.82) is 0 Å². The molecule has 2 nitrogen and oxygen atoms in total. The molecule has 0 aromatic heterocycles. The first-order chi connectivity index (χ1) is 9.56. The summed E-state index contributed by atoms with van der Waals surface area (Å²) in [5, 5.41) is 7.19. The molecule has 20 heavy (non-hydrogen) atoms. The standard InChI is InChI=1S/C17H20N2S/c1-12-9-13(2)16(14(3)10-12)19-17(20)18-11-15-7-5-4-6-8-15/h4-10H,11H2,1-3H3,(H2,18,19,20). The second kappa shape index (κ2) is 6.53. The van der Waals surface area contributed by atoms with Crippen molar-refractivity contribution in [2.45, 2.75) is 27.3 Å². The molecule has 2 aromatic rings. The van der Waals surface area contributed by atoms with Crippen molar-refractivity contribution in [2.24, 2.45) is 0 Å². The average Bonchev–Trinajstić information content (AvgIpc) is 2.42. The summed E-state index contributed by atoms with van der Waals surface area (Å²) in [4.78, 5) is 0. The normalized spacial score (nSPS) is 10.2. The Hall–Kier alpha value is -1.87. The van der Waals surface area contributed by atoms with Crippen molar-refractivity contribution < 1.29 is 0 Å². The van der Waals surface area contributed by atoms with Gasteiger partial charge >= 0.3 is 0 Å². The van der Waals surface area contributed by atoms with E-state index in [1.54, 1.807) is 0 Å². The van der Waals surface area contributed by atoms with Gasteiger partial charge < -0.3 is 10.6 Å². The first-order valence-electron chi connectivity index (χ1n) is 6.73. The molecule has 0 bridgehead atoms. The highest BCUT2D eigenvalue weighted by molar-refractivity contribution is 7.80. The number of nitrogens with one attached hydrogen (secondary N) is 2. The van der Waals surface area contributed by atoms with E-state index in [0.717, 1.165) is 12.2 Å². The van der Waals surface area contributed by atoms with Crippen molar-refractivity contribution in [2.75, 3.05) is 5.32 Å². The predicted octanol–water partition coefficient (Wildman–Crippen LogP) is 4.10. The van der Waals surface area contributed by atoms with E-state index in [9.17, 15) is 0 Å². The number of thiocarbonyl (C=S) groups is 1. The van der Waals surface area contributed by atoms with E-state index in [1.807, 2.05) is 18.2 Å². The molecule has 3 heteroatoms. The Labute approximate surface area is 126 Å². The van der Waals surface area contributed by atoms with Crippen LogP contribution in [0.15, 0.2) is 42.5 Å². The third-order valence-corrected chi connectivity index (χ3v) is 3.46. The Morgan fingerprint density at radius 3 is 2.20 bits per heavy atom. The van der Waals surface area contributed by atoms with E-state index in [2.05, 4.69) is 55.7 Å². The van der Waals surface area contributed by atoms with E-state index in [1.165, 1.54) is 22.3 Å². The Kier molecular flexibility index (Phi) is 4.74. The van der Waals surface area contributed by atoms with E-state index in [4.69, 9.17) is 12.2 Å². The van der Waals surface area contributed by atoms with E-state index < -0.39 is 0 Å². The van der Waals surface area contributed by atoms with Gasteiger partial charge in [0.1, 0.15) is 0 Å². The van der Waals surface area contributed by atoms with Gasteiger partial charge in [0.25, 0.3) is 0 Å². The number of hydrogen-bond acceptors (Lipinski definition) is 1. The second-order valence-corrected chi connectivity index (χ2v) is 5.48. The van der Waals surface area contributed by atoms with Gasteiger partial charge in [0.2, 0.25) is 0 Å². The van der Waals surface area contributed by atoms with Gasteiger partial charge in [-0.1, -0.05) is 48.0 Å². The highest BCUT2D eigenvalue weighted by Crippen LogP contribution is 2.21. The summed E-state index contributed by atoms with van der Waals surface area (Å²) in [6.07, 6.45) is 0. The summed E-state index contributed by atoms with van der Waals surface area (Å²) < 4.78 is 0. The Balaban J connectivity index is 1.98. The lowest BCUT2D eigenvalue weighted by atomic mass is 10.1. The van der Waals surface area contributed by atoms with Crippen LogP contribution in [0.5, 0.6) is 0 Å². The third kappa shape index (κ3) is 3.81. The summed E-state index contributed by atoms with van der Waals surface area (Å²) in [6.45, 7) is 7.04. The third-order valence-electron chi connectivity index (χ3n) is 3.21. The topological polar surface area (TPSA) is 24.1 Å². The summed E-state index contributed by atoms with van der Waals surface area (Å²) in [5.41, 5.74) is 6.02. The molecular weight excluding hydrogens is 264 g/mol. The van der Waals surface area contributed by atoms with Crippen LogP contribution in [0, 0.1) is 20.8 Å². The molecule has 0 fully saturated rings. The molecule has 0 unspecified atom stereocenters. The van der Waals surface area contributed by atoms with Crippen LogP contribution in [0.1, 0.15) is 22.3 Å². The van der Waals surface area contributed by atoms with Gasteiger partial charge in [-0.25, -0.2) is 0 Å². The molecule has 0 aliphatic carbocycles. The zero-order valence-electron chi connectivity index (χ0n) is 12.2. The van der Waals surface area contributed by atoms with Crippen molar-refractivity contribution in [3.8, 4) is 0 Å². The minimum absolute atomic E-state index is 0.656. The summed E-state index contributed by atoms with van der Waals surface area (Å²) in [5.74, 6) is 0. The summed E-state index contributed by atoms with van der Waals surface area (Å²) >= 11 is 5.37. The number of hydrogen-bond donors (Lipinski definition) is 2. The number of benzene rings is 2. The number of rotatable bonds is 3. The first kappa shape index (κ1) is 14.5. The van der Waals surface area contributed by atoms with Gasteiger partial charge in [-0.3, -0.25) is 0 Å². The molecule has 0 heterocycles. The zero-order valence-corrected chi connectivity index (χ0v) is 13.0. The van der Waals surface area contributed by atoms with Gasteiger partial charge in [-0.2, -0.15) is 0 Å². The molecule has 0 radical (unpaired) electrons. The van der Waals surface area contributed by atoms with Crippen molar-refractivity contribution in [3.05, 3.63) is 64.7 Å². The number of aryl methyl sites for hydroxylation is 3. The molecule has 2 aromatic carbocycles. The lowest BCUT2D eigenvalue weighted by Gasteiger charge is -2.15. The monoisotopic (exact) mass is 284 g/mol. The van der Waals surface area contributed by atoms with Crippen LogP contribution in [-0.2, 0) is 6.54 Å². The molecule has 2 N–H and O–H groups in total. The van der Waals surface area contributed by atoms with Gasteiger partial charge in [-0.15, -0.1) is 0 Å². The zero-order chi connectivity index (χ0) is 14.5. The fraction of sp³-hybridized carbons (Fsp3) is 0.235. The second-order valence-electron chi connectivity index (χ2n) is 5.07. The van der Waals surface area contributed by atoms with Gasteiger partial charge in [0.05, 0.1) is 0 Å². The average molecular weight is 284 g/mol. The van der Waals surface area contributed by atoms with Crippen LogP contribution in [0.4, 0.5) is 5.69 Å². The van der Waals surface area contributed by atoms with Crippen LogP contribution in [0.2, 0.25) is 0 Å². The van der Waals surface area contributed by atoms with Crippen LogP contribution in [0.3, 0.4) is 0 Å². The molecule has 0 saturated heterocycles. The van der Waals surface area contributed by atoms with E-state index in [-0.39, 0.29) is 0 Å². The molecule has 2 rings (SSSR count). The van der Waals surface area contributed by atoms with Crippen LogP contribution >= 0.6 is 12.2 Å². The molecule has 0 spiro atoms. The highest BCUT2D eigenvalue weighted by Gasteiger charge is 2.05.